The molecule has 0 spiro atoms. The van der Waals surface area contributed by atoms with E-state index in [0.29, 0.717) is 12.2 Å². The summed E-state index contributed by atoms with van der Waals surface area (Å²) in [4.78, 5) is 22.6. The molecule has 0 saturated heterocycles. The summed E-state index contributed by atoms with van der Waals surface area (Å²) < 4.78 is 9.45. The fourth-order valence-corrected chi connectivity index (χ4v) is 1.43. The molecule has 0 aromatic heterocycles. The van der Waals surface area contributed by atoms with Crippen LogP contribution >= 0.6 is 0 Å². The molecule has 0 N–H and O–H groups in total. The second-order valence-electron chi connectivity index (χ2n) is 3.65. The molecule has 0 radical (unpaired) electrons. The number of hydrogen-bond acceptors (Lipinski definition) is 4. The van der Waals surface area contributed by atoms with Gasteiger partial charge in [0.25, 0.3) is 0 Å². The Morgan fingerprint density at radius 1 is 1.33 bits per heavy atom. The van der Waals surface area contributed by atoms with Crippen molar-refractivity contribution in [1.29, 1.82) is 0 Å². The van der Waals surface area contributed by atoms with Crippen LogP contribution in [0.5, 0.6) is 0 Å². The Morgan fingerprint density at radius 2 is 2.06 bits per heavy atom. The van der Waals surface area contributed by atoms with Crippen molar-refractivity contribution >= 4 is 18.0 Å². The molecule has 96 valence electrons. The van der Waals surface area contributed by atoms with Crippen molar-refractivity contribution in [3.05, 3.63) is 41.0 Å². The molecule has 0 aliphatic rings. The molecular formula is C14H16O4. The number of carbonyl (C=O) groups is 2. The van der Waals surface area contributed by atoms with Gasteiger partial charge in [-0.2, -0.15) is 0 Å². The summed E-state index contributed by atoms with van der Waals surface area (Å²) in [5.74, 6) is -0.795. The molecule has 0 atom stereocenters. The maximum atomic E-state index is 11.5. The first kappa shape index (κ1) is 14.0. The third-order valence-corrected chi connectivity index (χ3v) is 2.37. The van der Waals surface area contributed by atoms with Gasteiger partial charge in [-0.05, 0) is 37.1 Å². The predicted molar refractivity (Wildman–Crippen MR) is 68.2 cm³/mol. The van der Waals surface area contributed by atoms with E-state index in [1.54, 1.807) is 25.1 Å². The lowest BCUT2D eigenvalue weighted by Crippen LogP contribution is -2.04. The highest BCUT2D eigenvalue weighted by molar-refractivity contribution is 5.92. The molecule has 0 saturated carbocycles. The molecule has 0 heterocycles. The Morgan fingerprint density at radius 3 is 2.67 bits per heavy atom. The molecule has 0 unspecified atom stereocenters. The number of benzene rings is 1. The molecule has 1 aromatic rings. The fraction of sp³-hybridized carbons (Fsp3) is 0.286. The molecule has 1 aromatic carbocycles. The molecule has 4 nitrogen and oxygen atoms in total. The van der Waals surface area contributed by atoms with Gasteiger partial charge in [-0.3, -0.25) is 0 Å². The number of carbonyl (C=O) groups excluding carboxylic acids is 2. The van der Waals surface area contributed by atoms with E-state index < -0.39 is 5.97 Å². The van der Waals surface area contributed by atoms with Crippen LogP contribution in [0.15, 0.2) is 24.3 Å². The SMILES string of the molecule is CCOC(=O)C=Cc1ccc(C)c(C(=O)OC)c1. The molecule has 0 aliphatic heterocycles. The van der Waals surface area contributed by atoms with Gasteiger partial charge in [0.1, 0.15) is 0 Å². The maximum absolute atomic E-state index is 11.5. The van der Waals surface area contributed by atoms with E-state index in [2.05, 4.69) is 4.74 Å². The zero-order valence-corrected chi connectivity index (χ0v) is 10.7. The molecule has 0 fully saturated rings. The van der Waals surface area contributed by atoms with E-state index in [1.807, 2.05) is 13.0 Å². The van der Waals surface area contributed by atoms with Gasteiger partial charge in [0.05, 0.1) is 19.3 Å². The van der Waals surface area contributed by atoms with Crippen molar-refractivity contribution in [3.63, 3.8) is 0 Å². The van der Waals surface area contributed by atoms with Gasteiger partial charge in [-0.15, -0.1) is 0 Å². The van der Waals surface area contributed by atoms with Crippen molar-refractivity contribution in [2.45, 2.75) is 13.8 Å². The first-order valence-corrected chi connectivity index (χ1v) is 5.62. The van der Waals surface area contributed by atoms with Crippen LogP contribution < -0.4 is 0 Å². The van der Waals surface area contributed by atoms with Crippen molar-refractivity contribution in [2.75, 3.05) is 13.7 Å². The summed E-state index contributed by atoms with van der Waals surface area (Å²) in [6.07, 6.45) is 2.93. The summed E-state index contributed by atoms with van der Waals surface area (Å²) >= 11 is 0. The van der Waals surface area contributed by atoms with E-state index in [4.69, 9.17) is 4.74 Å². The normalized spacial score (nSPS) is 10.4. The highest BCUT2D eigenvalue weighted by Crippen LogP contribution is 2.13. The molecular weight excluding hydrogens is 232 g/mol. The lowest BCUT2D eigenvalue weighted by Gasteiger charge is -2.04. The third-order valence-electron chi connectivity index (χ3n) is 2.37. The number of ether oxygens (including phenoxy) is 2. The quantitative estimate of drug-likeness (QED) is 0.606. The summed E-state index contributed by atoms with van der Waals surface area (Å²) in [7, 11) is 1.34. The summed E-state index contributed by atoms with van der Waals surface area (Å²) in [5.41, 5.74) is 2.06. The van der Waals surface area contributed by atoms with Gasteiger partial charge in [-0.25, -0.2) is 9.59 Å². The Kier molecular flexibility index (Phi) is 5.11. The van der Waals surface area contributed by atoms with Crippen molar-refractivity contribution in [1.82, 2.24) is 0 Å². The second-order valence-corrected chi connectivity index (χ2v) is 3.65. The third kappa shape index (κ3) is 3.73. The fourth-order valence-electron chi connectivity index (χ4n) is 1.43. The lowest BCUT2D eigenvalue weighted by atomic mass is 10.0. The Balaban J connectivity index is 2.92. The smallest absolute Gasteiger partial charge is 0.338 e. The molecule has 0 aliphatic carbocycles. The zero-order chi connectivity index (χ0) is 13.5. The highest BCUT2D eigenvalue weighted by Gasteiger charge is 2.08. The lowest BCUT2D eigenvalue weighted by molar-refractivity contribution is -0.137. The van der Waals surface area contributed by atoms with Gasteiger partial charge in [0.15, 0.2) is 0 Å². The molecule has 0 amide bonds. The Hall–Kier alpha value is -2.10. The van der Waals surface area contributed by atoms with Crippen LogP contribution in [0.3, 0.4) is 0 Å². The van der Waals surface area contributed by atoms with Crippen LogP contribution in [0, 0.1) is 6.92 Å². The van der Waals surface area contributed by atoms with Gasteiger partial charge >= 0.3 is 11.9 Å². The van der Waals surface area contributed by atoms with E-state index in [-0.39, 0.29) is 5.97 Å². The van der Waals surface area contributed by atoms with Crippen LogP contribution in [-0.2, 0) is 14.3 Å². The molecule has 4 heteroatoms. The average molecular weight is 248 g/mol. The number of hydrogen-bond donors (Lipinski definition) is 0. The maximum Gasteiger partial charge on any atom is 0.338 e. The number of methoxy groups -OCH3 is 1. The van der Waals surface area contributed by atoms with E-state index in [1.165, 1.54) is 13.2 Å². The van der Waals surface area contributed by atoms with Crippen LogP contribution in [0.2, 0.25) is 0 Å². The summed E-state index contributed by atoms with van der Waals surface area (Å²) in [5, 5.41) is 0. The van der Waals surface area contributed by atoms with Crippen molar-refractivity contribution in [2.24, 2.45) is 0 Å². The molecule has 1 rings (SSSR count). The van der Waals surface area contributed by atoms with Gasteiger partial charge in [0.2, 0.25) is 0 Å². The minimum absolute atomic E-state index is 0.338. The predicted octanol–water partition coefficient (Wildman–Crippen LogP) is 2.36. The minimum atomic E-state index is -0.405. The first-order chi connectivity index (χ1) is 8.58. The highest BCUT2D eigenvalue weighted by atomic mass is 16.5. The van der Waals surface area contributed by atoms with Crippen LogP contribution in [0.25, 0.3) is 6.08 Å². The van der Waals surface area contributed by atoms with E-state index in [9.17, 15) is 9.59 Å². The van der Waals surface area contributed by atoms with Gasteiger partial charge in [0, 0.05) is 6.08 Å². The average Bonchev–Trinajstić information content (AvgIpc) is 2.37. The monoisotopic (exact) mass is 248 g/mol. The van der Waals surface area contributed by atoms with Crippen LogP contribution in [0.4, 0.5) is 0 Å². The largest absolute Gasteiger partial charge is 0.465 e. The Bertz CT molecular complexity index is 475. The number of esters is 2. The van der Waals surface area contributed by atoms with E-state index >= 15 is 0 Å². The van der Waals surface area contributed by atoms with Crippen LogP contribution in [0.1, 0.15) is 28.4 Å². The van der Waals surface area contributed by atoms with Crippen LogP contribution in [-0.4, -0.2) is 25.7 Å². The zero-order valence-electron chi connectivity index (χ0n) is 10.7. The van der Waals surface area contributed by atoms with Gasteiger partial charge in [-0.1, -0.05) is 12.1 Å². The second kappa shape index (κ2) is 6.59. The molecule has 18 heavy (non-hydrogen) atoms. The topological polar surface area (TPSA) is 52.6 Å². The summed E-state index contributed by atoms with van der Waals surface area (Å²) in [6, 6.07) is 5.30. The summed E-state index contributed by atoms with van der Waals surface area (Å²) in [6.45, 7) is 3.91. The standard InChI is InChI=1S/C14H16O4/c1-4-18-13(15)8-7-11-6-5-10(2)12(9-11)14(16)17-3/h5-9H,4H2,1-3H3. The van der Waals surface area contributed by atoms with Crippen molar-refractivity contribution < 1.29 is 19.1 Å². The first-order valence-electron chi connectivity index (χ1n) is 5.62. The van der Waals surface area contributed by atoms with E-state index in [0.717, 1.165) is 11.1 Å². The number of aryl methyl sites for hydroxylation is 1. The Labute approximate surface area is 106 Å². The van der Waals surface area contributed by atoms with Crippen molar-refractivity contribution in [3.8, 4) is 0 Å². The number of rotatable bonds is 4. The van der Waals surface area contributed by atoms with Gasteiger partial charge < -0.3 is 9.47 Å². The molecule has 0 bridgehead atoms. The minimum Gasteiger partial charge on any atom is -0.465 e.